The zero-order valence-electron chi connectivity index (χ0n) is 14.9. The van der Waals surface area contributed by atoms with Crippen LogP contribution < -0.4 is 14.8 Å². The van der Waals surface area contributed by atoms with Gasteiger partial charge in [-0.15, -0.1) is 0 Å². The Labute approximate surface area is 145 Å². The molecular weight excluding hydrogens is 320 g/mol. The van der Waals surface area contributed by atoms with Crippen LogP contribution in [-0.2, 0) is 7.05 Å². The van der Waals surface area contributed by atoms with Crippen molar-refractivity contribution in [2.24, 2.45) is 7.05 Å². The number of nitrogens with zero attached hydrogens (tertiary/aromatic N) is 3. The number of rotatable bonds is 4. The molecule has 0 radical (unpaired) electrons. The van der Waals surface area contributed by atoms with Crippen molar-refractivity contribution in [1.82, 2.24) is 14.8 Å². The SMILES string of the molecule is COc1ccc(NC(=O)c2cc(C)nc3c2c(C)nn3C)c(OC)c1. The van der Waals surface area contributed by atoms with E-state index in [2.05, 4.69) is 15.4 Å². The normalized spacial score (nSPS) is 10.8. The first-order valence-electron chi connectivity index (χ1n) is 7.79. The topological polar surface area (TPSA) is 78.3 Å². The fraction of sp³-hybridized carbons (Fsp3) is 0.278. The summed E-state index contributed by atoms with van der Waals surface area (Å²) in [7, 11) is 4.94. The molecule has 7 nitrogen and oxygen atoms in total. The molecule has 2 aromatic heterocycles. The van der Waals surface area contributed by atoms with Crippen molar-refractivity contribution in [1.29, 1.82) is 0 Å². The molecule has 7 heteroatoms. The Morgan fingerprint density at radius 1 is 1.16 bits per heavy atom. The van der Waals surface area contributed by atoms with E-state index >= 15 is 0 Å². The minimum absolute atomic E-state index is 0.241. The molecule has 0 unspecified atom stereocenters. The molecule has 0 saturated heterocycles. The Bertz CT molecular complexity index is 963. The number of amides is 1. The minimum atomic E-state index is -0.241. The molecule has 0 aliphatic carbocycles. The summed E-state index contributed by atoms with van der Waals surface area (Å²) in [5.41, 5.74) is 3.30. The van der Waals surface area contributed by atoms with E-state index in [0.717, 1.165) is 16.8 Å². The van der Waals surface area contributed by atoms with Crippen LogP contribution in [0.25, 0.3) is 11.0 Å². The van der Waals surface area contributed by atoms with Gasteiger partial charge in [0, 0.05) is 18.8 Å². The van der Waals surface area contributed by atoms with E-state index in [-0.39, 0.29) is 5.91 Å². The predicted octanol–water partition coefficient (Wildman–Crippen LogP) is 2.85. The van der Waals surface area contributed by atoms with Crippen LogP contribution in [0.5, 0.6) is 11.5 Å². The van der Waals surface area contributed by atoms with Crippen molar-refractivity contribution in [3.8, 4) is 11.5 Å². The number of hydrogen-bond acceptors (Lipinski definition) is 5. The highest BCUT2D eigenvalue weighted by Crippen LogP contribution is 2.30. The van der Waals surface area contributed by atoms with Crippen molar-refractivity contribution in [2.75, 3.05) is 19.5 Å². The standard InChI is InChI=1S/C18H20N4O3/c1-10-8-13(16-11(2)21-22(3)17(16)19-10)18(23)20-14-7-6-12(24-4)9-15(14)25-5/h6-9H,1-5H3,(H,20,23). The molecule has 0 aliphatic rings. The second kappa shape index (κ2) is 6.43. The van der Waals surface area contributed by atoms with Gasteiger partial charge in [-0.25, -0.2) is 4.98 Å². The molecule has 1 amide bonds. The lowest BCUT2D eigenvalue weighted by atomic mass is 10.1. The van der Waals surface area contributed by atoms with E-state index in [4.69, 9.17) is 9.47 Å². The van der Waals surface area contributed by atoms with E-state index in [1.807, 2.05) is 20.9 Å². The van der Waals surface area contributed by atoms with Gasteiger partial charge in [0.1, 0.15) is 11.5 Å². The van der Waals surface area contributed by atoms with Gasteiger partial charge in [0.05, 0.1) is 36.6 Å². The number of carbonyl (C=O) groups is 1. The molecule has 2 heterocycles. The predicted molar refractivity (Wildman–Crippen MR) is 95.5 cm³/mol. The smallest absolute Gasteiger partial charge is 0.256 e. The molecule has 0 atom stereocenters. The third-order valence-electron chi connectivity index (χ3n) is 4.00. The van der Waals surface area contributed by atoms with Crippen molar-refractivity contribution < 1.29 is 14.3 Å². The summed E-state index contributed by atoms with van der Waals surface area (Å²) < 4.78 is 12.2. The molecule has 25 heavy (non-hydrogen) atoms. The van der Waals surface area contributed by atoms with Gasteiger partial charge in [-0.3, -0.25) is 9.48 Å². The molecular formula is C18H20N4O3. The van der Waals surface area contributed by atoms with Gasteiger partial charge >= 0.3 is 0 Å². The Kier molecular flexibility index (Phi) is 4.31. The molecule has 0 bridgehead atoms. The van der Waals surface area contributed by atoms with Gasteiger partial charge in [0.2, 0.25) is 0 Å². The second-order valence-electron chi connectivity index (χ2n) is 5.74. The summed E-state index contributed by atoms with van der Waals surface area (Å²) >= 11 is 0. The Balaban J connectivity index is 2.04. The Hall–Kier alpha value is -3.09. The lowest BCUT2D eigenvalue weighted by Gasteiger charge is -2.12. The quantitative estimate of drug-likeness (QED) is 0.790. The Morgan fingerprint density at radius 3 is 2.60 bits per heavy atom. The molecule has 0 fully saturated rings. The molecule has 3 aromatic rings. The van der Waals surface area contributed by atoms with Crippen LogP contribution in [0.15, 0.2) is 24.3 Å². The number of benzene rings is 1. The average molecular weight is 340 g/mol. The maximum atomic E-state index is 12.9. The lowest BCUT2D eigenvalue weighted by Crippen LogP contribution is -2.14. The number of hydrogen-bond donors (Lipinski definition) is 1. The fourth-order valence-electron chi connectivity index (χ4n) is 2.84. The van der Waals surface area contributed by atoms with Crippen LogP contribution in [-0.4, -0.2) is 34.9 Å². The van der Waals surface area contributed by atoms with Crippen LogP contribution in [0, 0.1) is 13.8 Å². The maximum absolute atomic E-state index is 12.9. The van der Waals surface area contributed by atoms with Crippen LogP contribution in [0.3, 0.4) is 0 Å². The second-order valence-corrected chi connectivity index (χ2v) is 5.74. The summed E-state index contributed by atoms with van der Waals surface area (Å²) in [5, 5.41) is 8.02. The van der Waals surface area contributed by atoms with Crippen LogP contribution in [0.1, 0.15) is 21.7 Å². The maximum Gasteiger partial charge on any atom is 0.256 e. The number of ether oxygens (including phenoxy) is 2. The number of anilines is 1. The van der Waals surface area contributed by atoms with E-state index in [0.29, 0.717) is 28.4 Å². The molecule has 1 aromatic carbocycles. The largest absolute Gasteiger partial charge is 0.497 e. The zero-order chi connectivity index (χ0) is 18.1. The zero-order valence-corrected chi connectivity index (χ0v) is 14.9. The number of carbonyl (C=O) groups excluding carboxylic acids is 1. The summed E-state index contributed by atoms with van der Waals surface area (Å²) in [6, 6.07) is 7.00. The molecule has 1 N–H and O–H groups in total. The van der Waals surface area contributed by atoms with Gasteiger partial charge in [0.15, 0.2) is 5.65 Å². The van der Waals surface area contributed by atoms with E-state index in [1.165, 1.54) is 0 Å². The van der Waals surface area contributed by atoms with Crippen LogP contribution >= 0.6 is 0 Å². The highest BCUT2D eigenvalue weighted by atomic mass is 16.5. The van der Waals surface area contributed by atoms with E-state index in [9.17, 15) is 4.79 Å². The number of nitrogens with one attached hydrogen (secondary N) is 1. The number of methoxy groups -OCH3 is 2. The fourth-order valence-corrected chi connectivity index (χ4v) is 2.84. The molecule has 0 spiro atoms. The summed E-state index contributed by atoms with van der Waals surface area (Å²) in [5.74, 6) is 0.938. The lowest BCUT2D eigenvalue weighted by molar-refractivity contribution is 0.102. The number of aromatic nitrogens is 3. The number of fused-ring (bicyclic) bond motifs is 1. The molecule has 130 valence electrons. The van der Waals surface area contributed by atoms with Crippen LogP contribution in [0.4, 0.5) is 5.69 Å². The summed E-state index contributed by atoms with van der Waals surface area (Å²) in [6.07, 6.45) is 0. The average Bonchev–Trinajstić information content (AvgIpc) is 2.88. The molecule has 0 aliphatic heterocycles. The van der Waals surface area contributed by atoms with Crippen molar-refractivity contribution in [3.05, 3.63) is 41.2 Å². The monoisotopic (exact) mass is 340 g/mol. The van der Waals surface area contributed by atoms with Gasteiger partial charge < -0.3 is 14.8 Å². The third kappa shape index (κ3) is 3.00. The van der Waals surface area contributed by atoms with Gasteiger partial charge in [0.25, 0.3) is 5.91 Å². The minimum Gasteiger partial charge on any atom is -0.497 e. The first-order chi connectivity index (χ1) is 11.9. The first-order valence-corrected chi connectivity index (χ1v) is 7.79. The Morgan fingerprint density at radius 2 is 1.92 bits per heavy atom. The molecule has 0 saturated carbocycles. The van der Waals surface area contributed by atoms with Crippen molar-refractivity contribution >= 4 is 22.6 Å². The summed E-state index contributed by atoms with van der Waals surface area (Å²) in [6.45, 7) is 3.72. The van der Waals surface area contributed by atoms with E-state index < -0.39 is 0 Å². The highest BCUT2D eigenvalue weighted by Gasteiger charge is 2.19. The summed E-state index contributed by atoms with van der Waals surface area (Å²) in [4.78, 5) is 17.4. The highest BCUT2D eigenvalue weighted by molar-refractivity contribution is 6.13. The molecule has 3 rings (SSSR count). The van der Waals surface area contributed by atoms with Gasteiger partial charge in [-0.1, -0.05) is 0 Å². The van der Waals surface area contributed by atoms with E-state index in [1.54, 1.807) is 43.2 Å². The van der Waals surface area contributed by atoms with Gasteiger partial charge in [-0.05, 0) is 32.0 Å². The third-order valence-corrected chi connectivity index (χ3v) is 4.00. The number of pyridine rings is 1. The van der Waals surface area contributed by atoms with Crippen LogP contribution in [0.2, 0.25) is 0 Å². The number of aryl methyl sites for hydroxylation is 3. The van der Waals surface area contributed by atoms with Gasteiger partial charge in [-0.2, -0.15) is 5.10 Å². The van der Waals surface area contributed by atoms with Crippen molar-refractivity contribution in [2.45, 2.75) is 13.8 Å². The van der Waals surface area contributed by atoms with Crippen molar-refractivity contribution in [3.63, 3.8) is 0 Å². The first kappa shape index (κ1) is 16.8.